The first-order valence-corrected chi connectivity index (χ1v) is 7.73. The van der Waals surface area contributed by atoms with Crippen LogP contribution in [0.15, 0.2) is 12.3 Å². The van der Waals surface area contributed by atoms with Crippen molar-refractivity contribution in [1.82, 2.24) is 10.3 Å². The van der Waals surface area contributed by atoms with E-state index in [1.165, 1.54) is 24.0 Å². The number of nitrogens with one attached hydrogen (secondary N) is 1. The molecule has 0 radical (unpaired) electrons. The van der Waals surface area contributed by atoms with Gasteiger partial charge in [0.2, 0.25) is 0 Å². The second-order valence-corrected chi connectivity index (χ2v) is 6.09. The summed E-state index contributed by atoms with van der Waals surface area (Å²) in [5.74, 6) is 1.12. The van der Waals surface area contributed by atoms with Gasteiger partial charge < -0.3 is 15.0 Å². The molecule has 1 aliphatic carbocycles. The molecule has 4 heteroatoms. The highest BCUT2D eigenvalue weighted by molar-refractivity contribution is 5.47. The summed E-state index contributed by atoms with van der Waals surface area (Å²) in [7, 11) is 2.16. The standard InChI is InChI=1S/C16H25N3O/c1-12-9-13(10-17-14-3-4-14)11-18-16(12)19(2)15-5-7-20-8-6-15/h9,11,14-15,17H,3-8,10H2,1-2H3. The SMILES string of the molecule is Cc1cc(CNC2CC2)cnc1N(C)C1CCOCC1. The molecule has 0 bridgehead atoms. The van der Waals surface area contributed by atoms with E-state index in [0.29, 0.717) is 6.04 Å². The number of aromatic nitrogens is 1. The maximum atomic E-state index is 5.44. The van der Waals surface area contributed by atoms with Crippen LogP contribution in [-0.2, 0) is 11.3 Å². The van der Waals surface area contributed by atoms with Gasteiger partial charge in [-0.1, -0.05) is 0 Å². The second kappa shape index (κ2) is 6.10. The summed E-state index contributed by atoms with van der Waals surface area (Å²) in [5, 5.41) is 3.54. The molecule has 1 N–H and O–H groups in total. The summed E-state index contributed by atoms with van der Waals surface area (Å²) in [4.78, 5) is 7.03. The van der Waals surface area contributed by atoms with Crippen molar-refractivity contribution in [2.45, 2.75) is 51.2 Å². The molecule has 0 aromatic carbocycles. The molecule has 0 atom stereocenters. The Kier molecular flexibility index (Phi) is 4.22. The van der Waals surface area contributed by atoms with E-state index < -0.39 is 0 Å². The summed E-state index contributed by atoms with van der Waals surface area (Å²) in [6.07, 6.45) is 6.88. The van der Waals surface area contributed by atoms with Crippen LogP contribution >= 0.6 is 0 Å². The summed E-state index contributed by atoms with van der Waals surface area (Å²) >= 11 is 0. The van der Waals surface area contributed by atoms with Crippen molar-refractivity contribution in [3.8, 4) is 0 Å². The van der Waals surface area contributed by atoms with Crippen molar-refractivity contribution >= 4 is 5.82 Å². The molecular formula is C16H25N3O. The lowest BCUT2D eigenvalue weighted by Crippen LogP contribution is -2.37. The van der Waals surface area contributed by atoms with E-state index in [1.54, 1.807) is 0 Å². The zero-order valence-electron chi connectivity index (χ0n) is 12.6. The van der Waals surface area contributed by atoms with Gasteiger partial charge in [0, 0.05) is 45.1 Å². The minimum atomic E-state index is 0.561. The number of nitrogens with zero attached hydrogens (tertiary/aromatic N) is 2. The van der Waals surface area contributed by atoms with Crippen molar-refractivity contribution in [3.63, 3.8) is 0 Å². The first kappa shape index (κ1) is 13.8. The first-order chi connectivity index (χ1) is 9.74. The van der Waals surface area contributed by atoms with E-state index in [0.717, 1.165) is 44.5 Å². The summed E-state index contributed by atoms with van der Waals surface area (Å²) in [6, 6.07) is 3.58. The highest BCUT2D eigenvalue weighted by Gasteiger charge is 2.22. The topological polar surface area (TPSA) is 37.4 Å². The number of ether oxygens (including phenoxy) is 1. The van der Waals surface area contributed by atoms with Crippen LogP contribution in [0.2, 0.25) is 0 Å². The lowest BCUT2D eigenvalue weighted by Gasteiger charge is -2.33. The molecular weight excluding hydrogens is 250 g/mol. The molecule has 1 aromatic rings. The van der Waals surface area contributed by atoms with Gasteiger partial charge in [-0.25, -0.2) is 4.98 Å². The minimum absolute atomic E-state index is 0.561. The van der Waals surface area contributed by atoms with Crippen LogP contribution < -0.4 is 10.2 Å². The molecule has 110 valence electrons. The maximum Gasteiger partial charge on any atom is 0.131 e. The van der Waals surface area contributed by atoms with Gasteiger partial charge in [-0.05, 0) is 49.8 Å². The van der Waals surface area contributed by atoms with E-state index in [9.17, 15) is 0 Å². The molecule has 0 spiro atoms. The molecule has 20 heavy (non-hydrogen) atoms. The lowest BCUT2D eigenvalue weighted by atomic mass is 10.1. The zero-order valence-corrected chi connectivity index (χ0v) is 12.6. The van der Waals surface area contributed by atoms with Crippen LogP contribution in [0.4, 0.5) is 5.82 Å². The fraction of sp³-hybridized carbons (Fsp3) is 0.688. The van der Waals surface area contributed by atoms with Crippen molar-refractivity contribution in [3.05, 3.63) is 23.4 Å². The summed E-state index contributed by atoms with van der Waals surface area (Å²) in [5.41, 5.74) is 2.56. The smallest absolute Gasteiger partial charge is 0.131 e. The second-order valence-electron chi connectivity index (χ2n) is 6.09. The Balaban J connectivity index is 1.65. The largest absolute Gasteiger partial charge is 0.381 e. The van der Waals surface area contributed by atoms with Crippen LogP contribution in [0.5, 0.6) is 0 Å². The van der Waals surface area contributed by atoms with Gasteiger partial charge in [-0.15, -0.1) is 0 Å². The molecule has 0 unspecified atom stereocenters. The molecule has 1 aromatic heterocycles. The quantitative estimate of drug-likeness (QED) is 0.894. The average molecular weight is 275 g/mol. The molecule has 0 amide bonds. The van der Waals surface area contributed by atoms with Crippen molar-refractivity contribution in [2.75, 3.05) is 25.2 Å². The molecule has 1 aliphatic heterocycles. The number of rotatable bonds is 5. The molecule has 4 nitrogen and oxygen atoms in total. The first-order valence-electron chi connectivity index (χ1n) is 7.73. The van der Waals surface area contributed by atoms with Gasteiger partial charge in [-0.2, -0.15) is 0 Å². The number of anilines is 1. The van der Waals surface area contributed by atoms with E-state index >= 15 is 0 Å². The van der Waals surface area contributed by atoms with Crippen LogP contribution in [0.25, 0.3) is 0 Å². The Hall–Kier alpha value is -1.13. The average Bonchev–Trinajstić information content (AvgIpc) is 3.30. The predicted octanol–water partition coefficient (Wildman–Crippen LogP) is 2.26. The third-order valence-electron chi connectivity index (χ3n) is 4.35. The minimum Gasteiger partial charge on any atom is -0.381 e. The Labute approximate surface area is 121 Å². The van der Waals surface area contributed by atoms with Crippen LogP contribution in [-0.4, -0.2) is 37.3 Å². The summed E-state index contributed by atoms with van der Waals surface area (Å²) in [6.45, 7) is 4.85. The molecule has 2 fully saturated rings. The normalized spacial score (nSPS) is 20.1. The van der Waals surface area contributed by atoms with E-state index in [-0.39, 0.29) is 0 Å². The molecule has 1 saturated heterocycles. The van der Waals surface area contributed by atoms with Crippen molar-refractivity contribution in [1.29, 1.82) is 0 Å². The van der Waals surface area contributed by atoms with Gasteiger partial charge in [0.05, 0.1) is 0 Å². The number of hydrogen-bond acceptors (Lipinski definition) is 4. The molecule has 1 saturated carbocycles. The summed E-state index contributed by atoms with van der Waals surface area (Å²) < 4.78 is 5.44. The fourth-order valence-electron chi connectivity index (χ4n) is 2.89. The lowest BCUT2D eigenvalue weighted by molar-refractivity contribution is 0.0853. The van der Waals surface area contributed by atoms with Gasteiger partial charge in [0.25, 0.3) is 0 Å². The number of hydrogen-bond donors (Lipinski definition) is 1. The van der Waals surface area contributed by atoms with Gasteiger partial charge in [-0.3, -0.25) is 0 Å². The predicted molar refractivity (Wildman–Crippen MR) is 81.1 cm³/mol. The van der Waals surface area contributed by atoms with E-state index in [1.807, 2.05) is 6.20 Å². The molecule has 2 heterocycles. The Morgan fingerprint density at radius 3 is 2.70 bits per heavy atom. The van der Waals surface area contributed by atoms with E-state index in [2.05, 4.69) is 30.3 Å². The number of aryl methyl sites for hydroxylation is 1. The highest BCUT2D eigenvalue weighted by Crippen LogP contribution is 2.24. The van der Waals surface area contributed by atoms with Crippen molar-refractivity contribution < 1.29 is 4.74 Å². The zero-order chi connectivity index (χ0) is 13.9. The maximum absolute atomic E-state index is 5.44. The monoisotopic (exact) mass is 275 g/mol. The Morgan fingerprint density at radius 1 is 1.30 bits per heavy atom. The van der Waals surface area contributed by atoms with Crippen molar-refractivity contribution in [2.24, 2.45) is 0 Å². The Morgan fingerprint density at radius 2 is 2.05 bits per heavy atom. The molecule has 3 rings (SSSR count). The van der Waals surface area contributed by atoms with Gasteiger partial charge in [0.1, 0.15) is 5.82 Å². The van der Waals surface area contributed by atoms with Crippen LogP contribution in [0.1, 0.15) is 36.8 Å². The Bertz CT molecular complexity index is 453. The third kappa shape index (κ3) is 3.30. The fourth-order valence-corrected chi connectivity index (χ4v) is 2.89. The van der Waals surface area contributed by atoms with Gasteiger partial charge in [0.15, 0.2) is 0 Å². The van der Waals surface area contributed by atoms with E-state index in [4.69, 9.17) is 9.72 Å². The number of pyridine rings is 1. The highest BCUT2D eigenvalue weighted by atomic mass is 16.5. The van der Waals surface area contributed by atoms with Gasteiger partial charge >= 0.3 is 0 Å². The van der Waals surface area contributed by atoms with Crippen LogP contribution in [0.3, 0.4) is 0 Å². The van der Waals surface area contributed by atoms with Crippen LogP contribution in [0, 0.1) is 6.92 Å². The third-order valence-corrected chi connectivity index (χ3v) is 4.35. The molecule has 2 aliphatic rings.